The monoisotopic (exact) mass is 248 g/mol. The average molecular weight is 248 g/mol. The van der Waals surface area contributed by atoms with Gasteiger partial charge in [-0.1, -0.05) is 0 Å². The summed E-state index contributed by atoms with van der Waals surface area (Å²) in [6, 6.07) is 1.86. The van der Waals surface area contributed by atoms with Crippen LogP contribution in [0.25, 0.3) is 10.6 Å². The summed E-state index contributed by atoms with van der Waals surface area (Å²) in [5.41, 5.74) is 8.13. The summed E-state index contributed by atoms with van der Waals surface area (Å²) >= 11 is 1.61. The molecule has 88 valence electrons. The smallest absolute Gasteiger partial charge is 0.250 e. The number of aromatic amines is 1. The lowest BCUT2D eigenvalue weighted by Crippen LogP contribution is -2.24. The number of thiophene rings is 1. The van der Waals surface area contributed by atoms with Crippen molar-refractivity contribution in [1.82, 2.24) is 15.5 Å². The number of carbonyl (C=O) groups is 1. The molecule has 2 aromatic rings. The van der Waals surface area contributed by atoms with Crippen molar-refractivity contribution in [3.63, 3.8) is 0 Å². The molecule has 0 saturated carbocycles. The molecule has 3 heterocycles. The molecule has 2 aromatic heterocycles. The lowest BCUT2D eigenvalue weighted by Gasteiger charge is -2.12. The summed E-state index contributed by atoms with van der Waals surface area (Å²) in [5.74, 6) is -0.353. The van der Waals surface area contributed by atoms with Gasteiger partial charge in [0.15, 0.2) is 0 Å². The van der Waals surface area contributed by atoms with Crippen molar-refractivity contribution >= 4 is 17.2 Å². The van der Waals surface area contributed by atoms with Gasteiger partial charge in [0.1, 0.15) is 0 Å². The number of aromatic nitrogens is 2. The first-order valence-electron chi connectivity index (χ1n) is 5.42. The molecule has 0 aromatic carbocycles. The molecule has 1 amide bonds. The minimum absolute atomic E-state index is 0.353. The topological polar surface area (TPSA) is 83.8 Å². The van der Waals surface area contributed by atoms with Crippen molar-refractivity contribution in [1.29, 1.82) is 0 Å². The standard InChI is InChI=1S/C11H12N4OS/c12-11(16)9-6-1-3-13-5-8(6)17-10(9)7-2-4-14-15-7/h2,4,13H,1,3,5H2,(H2,12,16)(H,14,15). The Kier molecular flexibility index (Phi) is 2.45. The lowest BCUT2D eigenvalue weighted by atomic mass is 10.0. The highest BCUT2D eigenvalue weighted by Gasteiger charge is 2.24. The fourth-order valence-electron chi connectivity index (χ4n) is 2.17. The molecule has 0 aliphatic carbocycles. The van der Waals surface area contributed by atoms with E-state index >= 15 is 0 Å². The van der Waals surface area contributed by atoms with Crippen LogP contribution in [0.15, 0.2) is 12.3 Å². The Hall–Kier alpha value is -1.66. The van der Waals surface area contributed by atoms with Crippen LogP contribution in [0, 0.1) is 0 Å². The van der Waals surface area contributed by atoms with Gasteiger partial charge in [0.05, 0.1) is 16.1 Å². The molecule has 0 saturated heterocycles. The van der Waals surface area contributed by atoms with Crippen molar-refractivity contribution in [2.45, 2.75) is 13.0 Å². The molecule has 0 fully saturated rings. The van der Waals surface area contributed by atoms with Crippen LogP contribution in [-0.4, -0.2) is 22.6 Å². The summed E-state index contributed by atoms with van der Waals surface area (Å²) in [5, 5.41) is 10.1. The fourth-order valence-corrected chi connectivity index (χ4v) is 3.46. The number of hydrogen-bond donors (Lipinski definition) is 3. The first kappa shape index (κ1) is 10.5. The number of fused-ring (bicyclic) bond motifs is 1. The van der Waals surface area contributed by atoms with E-state index in [1.54, 1.807) is 17.5 Å². The molecule has 0 unspecified atom stereocenters. The summed E-state index contributed by atoms with van der Waals surface area (Å²) in [7, 11) is 0. The zero-order valence-electron chi connectivity index (χ0n) is 9.12. The molecule has 1 aliphatic rings. The van der Waals surface area contributed by atoms with E-state index in [4.69, 9.17) is 5.73 Å². The molecule has 3 rings (SSSR count). The Morgan fingerprint density at radius 3 is 3.12 bits per heavy atom. The second-order valence-corrected chi connectivity index (χ2v) is 5.07. The Morgan fingerprint density at radius 2 is 2.41 bits per heavy atom. The molecule has 6 heteroatoms. The maximum atomic E-state index is 11.6. The van der Waals surface area contributed by atoms with Crippen molar-refractivity contribution in [2.75, 3.05) is 6.54 Å². The molecule has 17 heavy (non-hydrogen) atoms. The highest BCUT2D eigenvalue weighted by Crippen LogP contribution is 2.36. The largest absolute Gasteiger partial charge is 0.366 e. The van der Waals surface area contributed by atoms with Gasteiger partial charge >= 0.3 is 0 Å². The van der Waals surface area contributed by atoms with E-state index in [1.807, 2.05) is 6.07 Å². The van der Waals surface area contributed by atoms with Gasteiger partial charge in [0.2, 0.25) is 0 Å². The number of nitrogens with zero attached hydrogens (tertiary/aromatic N) is 1. The van der Waals surface area contributed by atoms with Crippen LogP contribution in [0.3, 0.4) is 0 Å². The zero-order chi connectivity index (χ0) is 11.8. The Balaban J connectivity index is 2.21. The molecule has 0 bridgehead atoms. The van der Waals surface area contributed by atoms with Gasteiger partial charge in [0.25, 0.3) is 5.91 Å². The SMILES string of the molecule is NC(=O)c1c(-c2ccn[nH]2)sc2c1CCNC2. The van der Waals surface area contributed by atoms with Crippen LogP contribution in [-0.2, 0) is 13.0 Å². The van der Waals surface area contributed by atoms with Crippen molar-refractivity contribution in [3.05, 3.63) is 28.3 Å². The van der Waals surface area contributed by atoms with Crippen molar-refractivity contribution in [3.8, 4) is 10.6 Å². The predicted molar refractivity (Wildman–Crippen MR) is 65.8 cm³/mol. The van der Waals surface area contributed by atoms with Crippen LogP contribution in [0.2, 0.25) is 0 Å². The van der Waals surface area contributed by atoms with E-state index in [0.717, 1.165) is 35.6 Å². The van der Waals surface area contributed by atoms with Gasteiger partial charge in [-0.05, 0) is 24.6 Å². The fraction of sp³-hybridized carbons (Fsp3) is 0.273. The third-order valence-electron chi connectivity index (χ3n) is 2.92. The molecule has 0 radical (unpaired) electrons. The third-order valence-corrected chi connectivity index (χ3v) is 4.19. The number of hydrogen-bond acceptors (Lipinski definition) is 4. The normalized spacial score (nSPS) is 14.6. The van der Waals surface area contributed by atoms with Crippen LogP contribution in [0.1, 0.15) is 20.8 Å². The van der Waals surface area contributed by atoms with Crippen LogP contribution < -0.4 is 11.1 Å². The number of nitrogens with two attached hydrogens (primary N) is 1. The molecule has 0 atom stereocenters. The minimum atomic E-state index is -0.353. The Bertz CT molecular complexity index is 558. The molecule has 4 N–H and O–H groups in total. The second-order valence-electron chi connectivity index (χ2n) is 3.97. The van der Waals surface area contributed by atoms with Gasteiger partial charge in [0, 0.05) is 17.6 Å². The van der Waals surface area contributed by atoms with Crippen molar-refractivity contribution in [2.24, 2.45) is 5.73 Å². The summed E-state index contributed by atoms with van der Waals surface area (Å²) in [6.45, 7) is 1.71. The van der Waals surface area contributed by atoms with E-state index in [2.05, 4.69) is 15.5 Å². The van der Waals surface area contributed by atoms with Gasteiger partial charge in [-0.25, -0.2) is 0 Å². The van der Waals surface area contributed by atoms with E-state index in [0.29, 0.717) is 5.56 Å². The zero-order valence-corrected chi connectivity index (χ0v) is 9.93. The summed E-state index contributed by atoms with van der Waals surface area (Å²) in [4.78, 5) is 13.7. The van der Waals surface area contributed by atoms with E-state index in [9.17, 15) is 4.79 Å². The van der Waals surface area contributed by atoms with Gasteiger partial charge in [-0.3, -0.25) is 9.89 Å². The quantitative estimate of drug-likeness (QED) is 0.737. The molecular formula is C11H12N4OS. The molecule has 0 spiro atoms. The third kappa shape index (κ3) is 1.65. The van der Waals surface area contributed by atoms with Gasteiger partial charge < -0.3 is 11.1 Å². The summed E-state index contributed by atoms with van der Waals surface area (Å²) < 4.78 is 0. The Labute approximate surface area is 102 Å². The van der Waals surface area contributed by atoms with Crippen molar-refractivity contribution < 1.29 is 4.79 Å². The maximum absolute atomic E-state index is 11.6. The maximum Gasteiger partial charge on any atom is 0.250 e. The number of nitrogens with one attached hydrogen (secondary N) is 2. The molecule has 5 nitrogen and oxygen atoms in total. The van der Waals surface area contributed by atoms with Crippen LogP contribution in [0.4, 0.5) is 0 Å². The first-order valence-corrected chi connectivity index (χ1v) is 6.24. The second kappa shape index (κ2) is 3.97. The molecule has 1 aliphatic heterocycles. The van der Waals surface area contributed by atoms with Crippen LogP contribution in [0.5, 0.6) is 0 Å². The Morgan fingerprint density at radius 1 is 1.53 bits per heavy atom. The average Bonchev–Trinajstić information content (AvgIpc) is 2.95. The van der Waals surface area contributed by atoms with E-state index < -0.39 is 0 Å². The number of rotatable bonds is 2. The number of amides is 1. The minimum Gasteiger partial charge on any atom is -0.366 e. The van der Waals surface area contributed by atoms with E-state index in [1.165, 1.54) is 4.88 Å². The number of primary amides is 1. The lowest BCUT2D eigenvalue weighted by molar-refractivity contribution is 0.1000. The van der Waals surface area contributed by atoms with E-state index in [-0.39, 0.29) is 5.91 Å². The number of H-pyrrole nitrogens is 1. The first-order chi connectivity index (χ1) is 8.27. The number of carbonyl (C=O) groups excluding carboxylic acids is 1. The summed E-state index contributed by atoms with van der Waals surface area (Å²) in [6.07, 6.45) is 2.54. The van der Waals surface area contributed by atoms with Crippen LogP contribution >= 0.6 is 11.3 Å². The van der Waals surface area contributed by atoms with Gasteiger partial charge in [-0.2, -0.15) is 5.10 Å². The highest BCUT2D eigenvalue weighted by atomic mass is 32.1. The predicted octanol–water partition coefficient (Wildman–Crippen LogP) is 0.883. The highest BCUT2D eigenvalue weighted by molar-refractivity contribution is 7.16. The molecular weight excluding hydrogens is 236 g/mol. The van der Waals surface area contributed by atoms with Gasteiger partial charge in [-0.15, -0.1) is 11.3 Å².